The number of carbonyl (C=O) groups is 2. The van der Waals surface area contributed by atoms with Gasteiger partial charge < -0.3 is 15.2 Å². The maximum atomic E-state index is 12.2. The number of nitrogens with one attached hydrogen (secondary N) is 1. The Morgan fingerprint density at radius 1 is 1.25 bits per heavy atom. The molecule has 0 bridgehead atoms. The van der Waals surface area contributed by atoms with Crippen LogP contribution in [0, 0.1) is 0 Å². The van der Waals surface area contributed by atoms with E-state index in [4.69, 9.17) is 21.4 Å². The van der Waals surface area contributed by atoms with Crippen molar-refractivity contribution in [2.75, 3.05) is 11.9 Å². The van der Waals surface area contributed by atoms with Crippen LogP contribution < -0.4 is 10.1 Å². The average Bonchev–Trinajstić information content (AvgIpc) is 2.82. The number of hydrogen-bond donors (Lipinski definition) is 2. The number of fused-ring (bicyclic) bond motifs is 1. The standard InChI is InChI=1S/C18H14ClNO4/c19-12-4-5-14-15(18(23)20-16(14)10-12)9-11-2-1-3-13(8-11)24-7-6-17(21)22/h1-5,8-10H,6-7H2,(H,20,23)(H,21,22)/b15-9-. The van der Waals surface area contributed by atoms with Gasteiger partial charge in [0.1, 0.15) is 5.75 Å². The summed E-state index contributed by atoms with van der Waals surface area (Å²) >= 11 is 5.94. The van der Waals surface area contributed by atoms with Crippen LogP contribution in [0.15, 0.2) is 42.5 Å². The van der Waals surface area contributed by atoms with Crippen molar-refractivity contribution in [3.05, 3.63) is 58.6 Å². The summed E-state index contributed by atoms with van der Waals surface area (Å²) in [7, 11) is 0. The van der Waals surface area contributed by atoms with Crippen molar-refractivity contribution in [2.45, 2.75) is 6.42 Å². The number of carbonyl (C=O) groups excluding carboxylic acids is 1. The second-order valence-corrected chi connectivity index (χ2v) is 5.70. The highest BCUT2D eigenvalue weighted by Gasteiger charge is 2.24. The molecule has 1 heterocycles. The Morgan fingerprint density at radius 3 is 2.88 bits per heavy atom. The van der Waals surface area contributed by atoms with Crippen LogP contribution >= 0.6 is 11.6 Å². The fraction of sp³-hybridized carbons (Fsp3) is 0.111. The second kappa shape index (κ2) is 6.76. The van der Waals surface area contributed by atoms with Crippen molar-refractivity contribution >= 4 is 40.8 Å². The summed E-state index contributed by atoms with van der Waals surface area (Å²) in [6.07, 6.45) is 1.70. The van der Waals surface area contributed by atoms with Gasteiger partial charge in [-0.25, -0.2) is 0 Å². The molecule has 1 aliphatic heterocycles. The van der Waals surface area contributed by atoms with E-state index in [0.717, 1.165) is 11.1 Å². The van der Waals surface area contributed by atoms with E-state index in [-0.39, 0.29) is 18.9 Å². The van der Waals surface area contributed by atoms with Crippen LogP contribution in [0.3, 0.4) is 0 Å². The van der Waals surface area contributed by atoms with Crippen LogP contribution in [0.2, 0.25) is 5.02 Å². The summed E-state index contributed by atoms with van der Waals surface area (Å²) in [4.78, 5) is 22.7. The Labute approximate surface area is 143 Å². The quantitative estimate of drug-likeness (QED) is 0.812. The molecule has 24 heavy (non-hydrogen) atoms. The number of aliphatic carboxylic acids is 1. The van der Waals surface area contributed by atoms with Crippen molar-refractivity contribution in [1.29, 1.82) is 0 Å². The van der Waals surface area contributed by atoms with Crippen molar-refractivity contribution < 1.29 is 19.4 Å². The van der Waals surface area contributed by atoms with Gasteiger partial charge in [0, 0.05) is 16.2 Å². The first kappa shape index (κ1) is 16.1. The van der Waals surface area contributed by atoms with Gasteiger partial charge in [-0.1, -0.05) is 29.8 Å². The zero-order chi connectivity index (χ0) is 17.1. The molecule has 0 aromatic heterocycles. The van der Waals surface area contributed by atoms with Crippen LogP contribution in [0.4, 0.5) is 5.69 Å². The third-order valence-corrected chi connectivity index (χ3v) is 3.75. The molecule has 0 unspecified atom stereocenters. The lowest BCUT2D eigenvalue weighted by molar-refractivity contribution is -0.137. The summed E-state index contributed by atoms with van der Waals surface area (Å²) in [5.74, 6) is -0.545. The van der Waals surface area contributed by atoms with E-state index in [1.807, 2.05) is 6.07 Å². The van der Waals surface area contributed by atoms with E-state index in [2.05, 4.69) is 5.32 Å². The molecule has 0 fully saturated rings. The molecule has 2 N–H and O–H groups in total. The van der Waals surface area contributed by atoms with Crippen LogP contribution in [-0.2, 0) is 9.59 Å². The number of carboxylic acid groups (broad SMARTS) is 1. The Balaban J connectivity index is 1.84. The van der Waals surface area contributed by atoms with E-state index in [1.165, 1.54) is 0 Å². The van der Waals surface area contributed by atoms with E-state index < -0.39 is 5.97 Å². The first-order valence-electron chi connectivity index (χ1n) is 7.30. The van der Waals surface area contributed by atoms with Crippen LogP contribution in [-0.4, -0.2) is 23.6 Å². The normalized spacial score (nSPS) is 14.4. The zero-order valence-electron chi connectivity index (χ0n) is 12.6. The Morgan fingerprint density at radius 2 is 2.08 bits per heavy atom. The van der Waals surface area contributed by atoms with Gasteiger partial charge in [-0.05, 0) is 35.9 Å². The lowest BCUT2D eigenvalue weighted by Crippen LogP contribution is -2.05. The Bertz CT molecular complexity index is 845. The predicted molar refractivity (Wildman–Crippen MR) is 92.1 cm³/mol. The summed E-state index contributed by atoms with van der Waals surface area (Å²) in [5, 5.41) is 12.0. The zero-order valence-corrected chi connectivity index (χ0v) is 13.3. The molecule has 0 radical (unpaired) electrons. The fourth-order valence-electron chi connectivity index (χ4n) is 2.43. The van der Waals surface area contributed by atoms with Crippen molar-refractivity contribution in [3.63, 3.8) is 0 Å². The summed E-state index contributed by atoms with van der Waals surface area (Å²) in [6.45, 7) is 0.0944. The molecule has 0 saturated heterocycles. The molecular formula is C18H14ClNO4. The van der Waals surface area contributed by atoms with Crippen molar-refractivity contribution in [1.82, 2.24) is 0 Å². The first-order valence-corrected chi connectivity index (χ1v) is 7.68. The highest BCUT2D eigenvalue weighted by atomic mass is 35.5. The molecule has 2 aromatic rings. The Hall–Kier alpha value is -2.79. The number of anilines is 1. The minimum atomic E-state index is -0.911. The minimum absolute atomic E-state index is 0.0676. The van der Waals surface area contributed by atoms with Crippen LogP contribution in [0.5, 0.6) is 5.75 Å². The van der Waals surface area contributed by atoms with Gasteiger partial charge in [-0.3, -0.25) is 9.59 Å². The van der Waals surface area contributed by atoms with E-state index in [9.17, 15) is 9.59 Å². The van der Waals surface area contributed by atoms with E-state index in [0.29, 0.717) is 22.0 Å². The Kier molecular flexibility index (Phi) is 4.53. The minimum Gasteiger partial charge on any atom is -0.493 e. The van der Waals surface area contributed by atoms with Gasteiger partial charge in [0.05, 0.1) is 18.7 Å². The lowest BCUT2D eigenvalue weighted by atomic mass is 10.0. The third-order valence-electron chi connectivity index (χ3n) is 3.52. The largest absolute Gasteiger partial charge is 0.493 e. The molecule has 122 valence electrons. The number of hydrogen-bond acceptors (Lipinski definition) is 3. The first-order chi connectivity index (χ1) is 11.5. The monoisotopic (exact) mass is 343 g/mol. The maximum absolute atomic E-state index is 12.2. The SMILES string of the molecule is O=C(O)CCOc1cccc(/C=C2\C(=O)Nc3cc(Cl)ccc32)c1. The van der Waals surface area contributed by atoms with E-state index >= 15 is 0 Å². The van der Waals surface area contributed by atoms with Crippen molar-refractivity contribution in [3.8, 4) is 5.75 Å². The predicted octanol–water partition coefficient (Wildman–Crippen LogP) is 3.69. The number of ether oxygens (including phenoxy) is 1. The molecule has 0 aliphatic carbocycles. The van der Waals surface area contributed by atoms with Gasteiger partial charge in [0.2, 0.25) is 0 Å². The molecule has 0 saturated carbocycles. The molecule has 2 aromatic carbocycles. The molecule has 1 aliphatic rings. The van der Waals surface area contributed by atoms with Gasteiger partial charge in [0.15, 0.2) is 0 Å². The third kappa shape index (κ3) is 3.58. The highest BCUT2D eigenvalue weighted by Crippen LogP contribution is 2.35. The van der Waals surface area contributed by atoms with Crippen molar-refractivity contribution in [2.24, 2.45) is 0 Å². The molecule has 3 rings (SSSR count). The highest BCUT2D eigenvalue weighted by molar-refractivity contribution is 6.36. The maximum Gasteiger partial charge on any atom is 0.306 e. The topological polar surface area (TPSA) is 75.6 Å². The number of carboxylic acids is 1. The van der Waals surface area contributed by atoms with Gasteiger partial charge in [-0.15, -0.1) is 0 Å². The molecule has 1 amide bonds. The summed E-state index contributed by atoms with van der Waals surface area (Å²) < 4.78 is 5.41. The molecule has 0 atom stereocenters. The molecule has 0 spiro atoms. The molecule has 6 heteroatoms. The van der Waals surface area contributed by atoms with Gasteiger partial charge in [-0.2, -0.15) is 0 Å². The molecular weight excluding hydrogens is 330 g/mol. The average molecular weight is 344 g/mol. The summed E-state index contributed by atoms with van der Waals surface area (Å²) in [5.41, 5.74) is 2.81. The number of amides is 1. The van der Waals surface area contributed by atoms with Gasteiger partial charge in [0.25, 0.3) is 5.91 Å². The second-order valence-electron chi connectivity index (χ2n) is 5.27. The number of benzene rings is 2. The summed E-state index contributed by atoms with van der Waals surface area (Å²) in [6, 6.07) is 12.4. The lowest BCUT2D eigenvalue weighted by Gasteiger charge is -2.05. The van der Waals surface area contributed by atoms with E-state index in [1.54, 1.807) is 42.5 Å². The van der Waals surface area contributed by atoms with Crippen LogP contribution in [0.1, 0.15) is 17.5 Å². The smallest absolute Gasteiger partial charge is 0.306 e. The number of rotatable bonds is 5. The fourth-order valence-corrected chi connectivity index (χ4v) is 2.60. The molecule has 5 nitrogen and oxygen atoms in total. The number of halogens is 1. The van der Waals surface area contributed by atoms with Crippen LogP contribution in [0.25, 0.3) is 11.6 Å². The van der Waals surface area contributed by atoms with Gasteiger partial charge >= 0.3 is 5.97 Å².